The Kier molecular flexibility index (Phi) is 6.97. The monoisotopic (exact) mass is 390 g/mol. The van der Waals surface area contributed by atoms with Crippen LogP contribution in [0.4, 0.5) is 0 Å². The molecule has 154 valence electrons. The van der Waals surface area contributed by atoms with Crippen LogP contribution in [-0.4, -0.2) is 79.3 Å². The number of phenols is 1. The van der Waals surface area contributed by atoms with Crippen molar-refractivity contribution in [3.63, 3.8) is 0 Å². The fraction of sp³-hybridized carbons (Fsp3) is 0.600. The number of piperazine rings is 1. The second-order valence-electron chi connectivity index (χ2n) is 6.95. The molecule has 1 aromatic rings. The van der Waals surface area contributed by atoms with E-state index in [4.69, 9.17) is 9.47 Å². The van der Waals surface area contributed by atoms with Gasteiger partial charge in [-0.05, 0) is 25.8 Å². The molecule has 2 N–H and O–H groups in total. The zero-order valence-electron chi connectivity index (χ0n) is 16.7. The van der Waals surface area contributed by atoms with Crippen molar-refractivity contribution in [3.05, 3.63) is 23.8 Å². The van der Waals surface area contributed by atoms with Gasteiger partial charge in [-0.3, -0.25) is 4.79 Å². The topological polar surface area (TPSA) is 86.6 Å². The average Bonchev–Trinajstić information content (AvgIpc) is 3.26. The molecule has 1 unspecified atom stereocenters. The van der Waals surface area contributed by atoms with Crippen molar-refractivity contribution in [2.45, 2.75) is 32.4 Å². The van der Waals surface area contributed by atoms with E-state index in [1.54, 1.807) is 6.07 Å². The van der Waals surface area contributed by atoms with E-state index in [9.17, 15) is 9.90 Å². The number of hydrogen-bond donors (Lipinski definition) is 2. The highest BCUT2D eigenvalue weighted by Crippen LogP contribution is 2.29. The lowest BCUT2D eigenvalue weighted by atomic mass is 10.2. The van der Waals surface area contributed by atoms with Gasteiger partial charge in [-0.2, -0.15) is 0 Å². The molecule has 0 saturated carbocycles. The molecule has 0 aliphatic carbocycles. The zero-order chi connectivity index (χ0) is 19.9. The molecule has 8 nitrogen and oxygen atoms in total. The van der Waals surface area contributed by atoms with Gasteiger partial charge in [-0.25, -0.2) is 4.99 Å². The third-order valence-electron chi connectivity index (χ3n) is 5.13. The molecule has 1 amide bonds. The number of guanidine groups is 1. The number of benzene rings is 1. The summed E-state index contributed by atoms with van der Waals surface area (Å²) in [4.78, 5) is 21.2. The summed E-state index contributed by atoms with van der Waals surface area (Å²) in [6, 6.07) is 5.40. The van der Waals surface area contributed by atoms with Crippen LogP contribution in [0.25, 0.3) is 0 Å². The van der Waals surface area contributed by atoms with E-state index in [2.05, 4.69) is 15.2 Å². The first-order chi connectivity index (χ1) is 13.6. The van der Waals surface area contributed by atoms with E-state index in [0.29, 0.717) is 50.6 Å². The maximum atomic E-state index is 12.5. The van der Waals surface area contributed by atoms with Crippen LogP contribution in [-0.2, 0) is 16.1 Å². The van der Waals surface area contributed by atoms with Crippen LogP contribution >= 0.6 is 0 Å². The smallest absolute Gasteiger partial charge is 0.251 e. The van der Waals surface area contributed by atoms with Crippen molar-refractivity contribution >= 4 is 11.9 Å². The van der Waals surface area contributed by atoms with Crippen LogP contribution in [0.15, 0.2) is 23.2 Å². The molecule has 3 rings (SSSR count). The Morgan fingerprint density at radius 1 is 1.32 bits per heavy atom. The second kappa shape index (κ2) is 9.64. The van der Waals surface area contributed by atoms with Crippen molar-refractivity contribution in [3.8, 4) is 11.5 Å². The summed E-state index contributed by atoms with van der Waals surface area (Å²) >= 11 is 0. The molecule has 1 aromatic carbocycles. The molecule has 2 aliphatic rings. The van der Waals surface area contributed by atoms with Gasteiger partial charge in [0.1, 0.15) is 6.10 Å². The molecule has 0 aromatic heterocycles. The van der Waals surface area contributed by atoms with Crippen molar-refractivity contribution in [1.29, 1.82) is 0 Å². The average molecular weight is 390 g/mol. The SMILES string of the molecule is CCNC(=NCc1cccc(OC)c1O)N1CCN(C(=O)C2CCCO2)CC1. The number of amides is 1. The van der Waals surface area contributed by atoms with E-state index in [1.807, 2.05) is 24.0 Å². The minimum absolute atomic E-state index is 0.111. The number of carbonyl (C=O) groups excluding carboxylic acids is 1. The van der Waals surface area contributed by atoms with Crippen LogP contribution in [0.2, 0.25) is 0 Å². The maximum Gasteiger partial charge on any atom is 0.251 e. The van der Waals surface area contributed by atoms with Crippen LogP contribution in [0.5, 0.6) is 11.5 Å². The molecular formula is C20H30N4O4. The van der Waals surface area contributed by atoms with Gasteiger partial charge in [0.05, 0.1) is 13.7 Å². The third kappa shape index (κ3) is 4.67. The molecule has 1 atom stereocenters. The number of ether oxygens (including phenoxy) is 2. The standard InChI is InChI=1S/C20H30N4O4/c1-3-21-20(22-14-15-6-4-7-16(27-2)18(15)25)24-11-9-23(10-12-24)19(26)17-8-5-13-28-17/h4,6-7,17,25H,3,5,8-14H2,1-2H3,(H,21,22). The van der Waals surface area contributed by atoms with Crippen molar-refractivity contribution < 1.29 is 19.4 Å². The normalized spacial score (nSPS) is 20.4. The van der Waals surface area contributed by atoms with E-state index < -0.39 is 0 Å². The summed E-state index contributed by atoms with van der Waals surface area (Å²) in [5.74, 6) is 1.46. The molecule has 2 aliphatic heterocycles. The molecule has 2 saturated heterocycles. The molecular weight excluding hydrogens is 360 g/mol. The van der Waals surface area contributed by atoms with E-state index in [-0.39, 0.29) is 17.8 Å². The number of hydrogen-bond acceptors (Lipinski definition) is 5. The largest absolute Gasteiger partial charge is 0.504 e. The molecule has 2 heterocycles. The Morgan fingerprint density at radius 3 is 2.71 bits per heavy atom. The predicted octanol–water partition coefficient (Wildman–Crippen LogP) is 1.19. The second-order valence-corrected chi connectivity index (χ2v) is 6.95. The van der Waals surface area contributed by atoms with Gasteiger partial charge in [0, 0.05) is 44.9 Å². The number of carbonyl (C=O) groups is 1. The summed E-state index contributed by atoms with van der Waals surface area (Å²) in [7, 11) is 1.53. The number of aliphatic imine (C=N–C) groups is 1. The number of methoxy groups -OCH3 is 1. The molecule has 2 fully saturated rings. The first-order valence-corrected chi connectivity index (χ1v) is 9.92. The number of phenolic OH excluding ortho intramolecular Hbond substituents is 1. The molecule has 8 heteroatoms. The summed E-state index contributed by atoms with van der Waals surface area (Å²) in [5, 5.41) is 13.6. The lowest BCUT2D eigenvalue weighted by molar-refractivity contribution is -0.142. The van der Waals surface area contributed by atoms with E-state index in [1.165, 1.54) is 7.11 Å². The van der Waals surface area contributed by atoms with Gasteiger partial charge in [-0.1, -0.05) is 12.1 Å². The Morgan fingerprint density at radius 2 is 2.07 bits per heavy atom. The van der Waals surface area contributed by atoms with Crippen molar-refractivity contribution in [2.75, 3.05) is 46.4 Å². The first-order valence-electron chi connectivity index (χ1n) is 9.92. The molecule has 0 radical (unpaired) electrons. The first kappa shape index (κ1) is 20.3. The van der Waals surface area contributed by atoms with Crippen molar-refractivity contribution in [2.24, 2.45) is 4.99 Å². The van der Waals surface area contributed by atoms with Gasteiger partial charge in [0.15, 0.2) is 17.5 Å². The molecule has 28 heavy (non-hydrogen) atoms. The number of rotatable bonds is 5. The number of para-hydroxylation sites is 1. The number of nitrogens with one attached hydrogen (secondary N) is 1. The van der Waals surface area contributed by atoms with Crippen LogP contribution in [0.3, 0.4) is 0 Å². The minimum atomic E-state index is -0.260. The highest BCUT2D eigenvalue weighted by molar-refractivity contribution is 5.83. The Hall–Kier alpha value is -2.48. The highest BCUT2D eigenvalue weighted by Gasteiger charge is 2.30. The van der Waals surface area contributed by atoms with Gasteiger partial charge in [0.25, 0.3) is 5.91 Å². The number of aromatic hydroxyl groups is 1. The maximum absolute atomic E-state index is 12.5. The summed E-state index contributed by atoms with van der Waals surface area (Å²) in [5.41, 5.74) is 0.710. The van der Waals surface area contributed by atoms with E-state index >= 15 is 0 Å². The zero-order valence-corrected chi connectivity index (χ0v) is 16.7. The summed E-state index contributed by atoms with van der Waals surface area (Å²) < 4.78 is 10.7. The van der Waals surface area contributed by atoms with E-state index in [0.717, 1.165) is 25.3 Å². The van der Waals surface area contributed by atoms with Crippen LogP contribution in [0, 0.1) is 0 Å². The molecule has 0 spiro atoms. The summed E-state index contributed by atoms with van der Waals surface area (Å²) in [6.07, 6.45) is 1.53. The minimum Gasteiger partial charge on any atom is -0.504 e. The quantitative estimate of drug-likeness (QED) is 0.580. The van der Waals surface area contributed by atoms with Crippen molar-refractivity contribution in [1.82, 2.24) is 15.1 Å². The van der Waals surface area contributed by atoms with Crippen LogP contribution < -0.4 is 10.1 Å². The van der Waals surface area contributed by atoms with Gasteiger partial charge in [0.2, 0.25) is 0 Å². The lowest BCUT2D eigenvalue weighted by Gasteiger charge is -2.37. The fourth-order valence-electron chi connectivity index (χ4n) is 3.56. The highest BCUT2D eigenvalue weighted by atomic mass is 16.5. The predicted molar refractivity (Wildman–Crippen MR) is 107 cm³/mol. The fourth-order valence-corrected chi connectivity index (χ4v) is 3.56. The lowest BCUT2D eigenvalue weighted by Crippen LogP contribution is -2.55. The van der Waals surface area contributed by atoms with Gasteiger partial charge in [-0.15, -0.1) is 0 Å². The Balaban J connectivity index is 1.61. The summed E-state index contributed by atoms with van der Waals surface area (Å²) in [6.45, 7) is 6.56. The third-order valence-corrected chi connectivity index (χ3v) is 5.13. The molecule has 0 bridgehead atoms. The Bertz CT molecular complexity index is 695. The van der Waals surface area contributed by atoms with Crippen LogP contribution in [0.1, 0.15) is 25.3 Å². The number of nitrogens with zero attached hydrogens (tertiary/aromatic N) is 3. The van der Waals surface area contributed by atoms with Gasteiger partial charge >= 0.3 is 0 Å². The van der Waals surface area contributed by atoms with Gasteiger partial charge < -0.3 is 29.7 Å². The Labute approximate surface area is 166 Å².